The van der Waals surface area contributed by atoms with Gasteiger partial charge in [0.15, 0.2) is 11.6 Å². The van der Waals surface area contributed by atoms with Crippen LogP contribution in [0.5, 0.6) is 0 Å². The highest BCUT2D eigenvalue weighted by atomic mass is 35.5. The van der Waals surface area contributed by atoms with Crippen LogP contribution in [0, 0.1) is 17.5 Å². The van der Waals surface area contributed by atoms with E-state index in [4.69, 9.17) is 0 Å². The van der Waals surface area contributed by atoms with Gasteiger partial charge in [-0.25, -0.2) is 13.2 Å². The fourth-order valence-electron chi connectivity index (χ4n) is 2.42. The molecule has 0 aromatic heterocycles. The Bertz CT molecular complexity index is 462. The third-order valence-electron chi connectivity index (χ3n) is 3.38. The van der Waals surface area contributed by atoms with Gasteiger partial charge in [-0.05, 0) is 12.5 Å². The maximum absolute atomic E-state index is 13.9. The van der Waals surface area contributed by atoms with Gasteiger partial charge in [-0.2, -0.15) is 0 Å². The molecule has 0 saturated carbocycles. The Morgan fingerprint density at radius 2 is 1.75 bits per heavy atom. The number of nitrogens with one attached hydrogen (secondary N) is 1. The van der Waals surface area contributed by atoms with E-state index in [1.165, 1.54) is 0 Å². The first-order valence-electron chi connectivity index (χ1n) is 6.33. The minimum Gasteiger partial charge on any atom is -0.314 e. The normalized spacial score (nSPS) is 17.4. The standard InChI is InChI=1S/C14H17F3N2.ClH/c1-2-3-14(19-6-4-18-5-7-19)10-8-12(16)13(17)9-11(10)15;/h2,8-9,14,18H,1,3-7H2;1H/t14-;/m0./s1. The zero-order chi connectivity index (χ0) is 13.8. The van der Waals surface area contributed by atoms with E-state index >= 15 is 0 Å². The first-order valence-corrected chi connectivity index (χ1v) is 6.33. The zero-order valence-electron chi connectivity index (χ0n) is 11.0. The van der Waals surface area contributed by atoms with Gasteiger partial charge in [-0.3, -0.25) is 4.90 Å². The Hall–Kier alpha value is -1.04. The fourth-order valence-corrected chi connectivity index (χ4v) is 2.42. The molecule has 0 bridgehead atoms. The average Bonchev–Trinajstić information content (AvgIpc) is 2.42. The molecule has 0 aliphatic carbocycles. The van der Waals surface area contributed by atoms with E-state index in [1.807, 2.05) is 0 Å². The molecule has 20 heavy (non-hydrogen) atoms. The lowest BCUT2D eigenvalue weighted by molar-refractivity contribution is 0.171. The van der Waals surface area contributed by atoms with Crippen LogP contribution in [0.3, 0.4) is 0 Å². The summed E-state index contributed by atoms with van der Waals surface area (Å²) in [6.45, 7) is 6.76. The van der Waals surface area contributed by atoms with Crippen molar-refractivity contribution in [3.63, 3.8) is 0 Å². The number of rotatable bonds is 4. The van der Waals surface area contributed by atoms with Crippen molar-refractivity contribution in [3.8, 4) is 0 Å². The lowest BCUT2D eigenvalue weighted by Crippen LogP contribution is -2.45. The van der Waals surface area contributed by atoms with Gasteiger partial charge in [0.1, 0.15) is 5.82 Å². The van der Waals surface area contributed by atoms with Gasteiger partial charge in [-0.1, -0.05) is 6.08 Å². The molecule has 1 atom stereocenters. The topological polar surface area (TPSA) is 15.3 Å². The first kappa shape index (κ1) is 17.0. The molecule has 1 heterocycles. The Morgan fingerprint density at radius 3 is 2.35 bits per heavy atom. The summed E-state index contributed by atoms with van der Waals surface area (Å²) in [5.74, 6) is -2.87. The molecular formula is C14H18ClF3N2. The van der Waals surface area contributed by atoms with Crippen molar-refractivity contribution in [2.24, 2.45) is 0 Å². The van der Waals surface area contributed by atoms with Crippen LogP contribution in [0.25, 0.3) is 0 Å². The Labute approximate surface area is 123 Å². The number of halogens is 4. The second-order valence-corrected chi connectivity index (χ2v) is 4.61. The van der Waals surface area contributed by atoms with E-state index in [0.29, 0.717) is 12.5 Å². The van der Waals surface area contributed by atoms with Crippen LogP contribution in [-0.4, -0.2) is 31.1 Å². The molecule has 2 rings (SSSR count). The highest BCUT2D eigenvalue weighted by Crippen LogP contribution is 2.28. The van der Waals surface area contributed by atoms with Crippen LogP contribution >= 0.6 is 12.4 Å². The van der Waals surface area contributed by atoms with Crippen molar-refractivity contribution in [2.45, 2.75) is 12.5 Å². The maximum atomic E-state index is 13.9. The maximum Gasteiger partial charge on any atom is 0.161 e. The second kappa shape index (κ2) is 7.67. The summed E-state index contributed by atoms with van der Waals surface area (Å²) in [5.41, 5.74) is 0.195. The van der Waals surface area contributed by atoms with E-state index in [-0.39, 0.29) is 24.0 Å². The Morgan fingerprint density at radius 1 is 1.15 bits per heavy atom. The van der Waals surface area contributed by atoms with Crippen LogP contribution in [0.15, 0.2) is 24.8 Å². The van der Waals surface area contributed by atoms with Crippen molar-refractivity contribution < 1.29 is 13.2 Å². The van der Waals surface area contributed by atoms with Crippen molar-refractivity contribution in [3.05, 3.63) is 47.8 Å². The molecule has 1 aliphatic rings. The molecule has 0 amide bonds. The molecule has 1 saturated heterocycles. The van der Waals surface area contributed by atoms with E-state index in [0.717, 1.165) is 32.2 Å². The third-order valence-corrected chi connectivity index (χ3v) is 3.38. The Kier molecular flexibility index (Phi) is 6.52. The predicted octanol–water partition coefficient (Wildman–Crippen LogP) is 3.05. The minimum atomic E-state index is -1.15. The number of nitrogens with zero attached hydrogens (tertiary/aromatic N) is 1. The third kappa shape index (κ3) is 3.75. The quantitative estimate of drug-likeness (QED) is 0.679. The summed E-state index contributed by atoms with van der Waals surface area (Å²) >= 11 is 0. The molecule has 6 heteroatoms. The van der Waals surface area contributed by atoms with Gasteiger partial charge in [0.25, 0.3) is 0 Å². The van der Waals surface area contributed by atoms with Crippen LogP contribution in [-0.2, 0) is 0 Å². The molecular weight excluding hydrogens is 289 g/mol. The summed E-state index contributed by atoms with van der Waals surface area (Å²) in [5, 5.41) is 3.20. The predicted molar refractivity (Wildman–Crippen MR) is 75.6 cm³/mol. The van der Waals surface area contributed by atoms with E-state index in [9.17, 15) is 13.2 Å². The lowest BCUT2D eigenvalue weighted by atomic mass is 10.00. The van der Waals surface area contributed by atoms with Crippen LogP contribution in [0.4, 0.5) is 13.2 Å². The Balaban J connectivity index is 0.00000200. The minimum absolute atomic E-state index is 0. The SMILES string of the molecule is C=CC[C@@H](c1cc(F)c(F)cc1F)N1CCNCC1.Cl. The highest BCUT2D eigenvalue weighted by molar-refractivity contribution is 5.85. The number of hydrogen-bond donors (Lipinski definition) is 1. The largest absolute Gasteiger partial charge is 0.314 e. The van der Waals surface area contributed by atoms with E-state index < -0.39 is 17.5 Å². The molecule has 1 aliphatic heterocycles. The molecule has 1 fully saturated rings. The molecule has 1 N–H and O–H groups in total. The summed E-state index contributed by atoms with van der Waals surface area (Å²) in [6.07, 6.45) is 2.18. The average molecular weight is 307 g/mol. The summed E-state index contributed by atoms with van der Waals surface area (Å²) in [4.78, 5) is 2.06. The lowest BCUT2D eigenvalue weighted by Gasteiger charge is -2.35. The fraction of sp³-hybridized carbons (Fsp3) is 0.429. The highest BCUT2D eigenvalue weighted by Gasteiger charge is 2.25. The molecule has 1 aromatic rings. The van der Waals surface area contributed by atoms with Gasteiger partial charge < -0.3 is 5.32 Å². The van der Waals surface area contributed by atoms with Gasteiger partial charge in [-0.15, -0.1) is 19.0 Å². The summed E-state index contributed by atoms with van der Waals surface area (Å²) < 4.78 is 40.2. The van der Waals surface area contributed by atoms with Crippen molar-refractivity contribution in [1.82, 2.24) is 10.2 Å². The number of piperazine rings is 1. The van der Waals surface area contributed by atoms with Crippen molar-refractivity contribution >= 4 is 12.4 Å². The first-order chi connectivity index (χ1) is 9.13. The molecule has 0 spiro atoms. The van der Waals surface area contributed by atoms with Crippen molar-refractivity contribution in [2.75, 3.05) is 26.2 Å². The summed E-state index contributed by atoms with van der Waals surface area (Å²) in [7, 11) is 0. The smallest absolute Gasteiger partial charge is 0.161 e. The van der Waals surface area contributed by atoms with E-state index in [2.05, 4.69) is 16.8 Å². The molecule has 0 unspecified atom stereocenters. The molecule has 112 valence electrons. The number of hydrogen-bond acceptors (Lipinski definition) is 2. The van der Waals surface area contributed by atoms with Crippen LogP contribution < -0.4 is 5.32 Å². The molecule has 0 radical (unpaired) electrons. The van der Waals surface area contributed by atoms with Gasteiger partial charge in [0.2, 0.25) is 0 Å². The van der Waals surface area contributed by atoms with E-state index in [1.54, 1.807) is 6.08 Å². The monoisotopic (exact) mass is 306 g/mol. The number of benzene rings is 1. The second-order valence-electron chi connectivity index (χ2n) is 4.61. The van der Waals surface area contributed by atoms with Crippen molar-refractivity contribution in [1.29, 1.82) is 0 Å². The molecule has 2 nitrogen and oxygen atoms in total. The zero-order valence-corrected chi connectivity index (χ0v) is 11.9. The summed E-state index contributed by atoms with van der Waals surface area (Å²) in [6, 6.07) is 1.28. The van der Waals surface area contributed by atoms with Crippen LogP contribution in [0.1, 0.15) is 18.0 Å². The van der Waals surface area contributed by atoms with Gasteiger partial charge >= 0.3 is 0 Å². The van der Waals surface area contributed by atoms with Crippen LogP contribution in [0.2, 0.25) is 0 Å². The molecule has 1 aromatic carbocycles. The van der Waals surface area contributed by atoms with Gasteiger partial charge in [0.05, 0.1) is 0 Å². The van der Waals surface area contributed by atoms with Gasteiger partial charge in [0, 0.05) is 43.9 Å².